The maximum absolute atomic E-state index is 13.4. The number of carbonyl (C=O) groups excluding carboxylic acids is 1. The van der Waals surface area contributed by atoms with Crippen LogP contribution in [-0.2, 0) is 0 Å². The second-order valence-electron chi connectivity index (χ2n) is 5.28. The Morgan fingerprint density at radius 3 is 2.12 bits per heavy atom. The lowest BCUT2D eigenvalue weighted by Gasteiger charge is -2.18. The van der Waals surface area contributed by atoms with E-state index in [0.717, 1.165) is 6.08 Å². The summed E-state index contributed by atoms with van der Waals surface area (Å²) in [4.78, 5) is 11.5. The maximum atomic E-state index is 13.4. The third-order valence-corrected chi connectivity index (χ3v) is 3.91. The van der Waals surface area contributed by atoms with Gasteiger partial charge in [-0.2, -0.15) is 13.2 Å². The first-order chi connectivity index (χ1) is 11.7. The molecule has 0 heterocycles. The van der Waals surface area contributed by atoms with Crippen molar-refractivity contribution in [2.24, 2.45) is 0 Å². The topological polar surface area (TPSA) is 29.1 Å². The Morgan fingerprint density at radius 2 is 1.64 bits per heavy atom. The van der Waals surface area contributed by atoms with E-state index in [9.17, 15) is 18.0 Å². The molecule has 1 atom stereocenters. The summed E-state index contributed by atoms with van der Waals surface area (Å²) in [5, 5.41) is 2.75. The number of hydrogen-bond acceptors (Lipinski definition) is 1. The third kappa shape index (κ3) is 5.25. The summed E-state index contributed by atoms with van der Waals surface area (Å²) in [6.07, 6.45) is -2.11. The van der Waals surface area contributed by atoms with Gasteiger partial charge in [0.15, 0.2) is 0 Å². The molecule has 1 unspecified atom stereocenters. The molecule has 1 N–H and O–H groups in total. The van der Waals surface area contributed by atoms with Gasteiger partial charge < -0.3 is 5.32 Å². The molecule has 132 valence electrons. The lowest BCUT2D eigenvalue weighted by Crippen LogP contribution is -2.19. The SMILES string of the molecule is CNC(=O)c1ccc(/C=C/C(c2cc(Cl)cc(Cl)c2)C(F)(F)F)cc1. The van der Waals surface area contributed by atoms with Crippen LogP contribution in [0.15, 0.2) is 48.5 Å². The van der Waals surface area contributed by atoms with E-state index in [4.69, 9.17) is 23.2 Å². The van der Waals surface area contributed by atoms with Crippen molar-refractivity contribution in [3.05, 3.63) is 75.3 Å². The Hall–Kier alpha value is -1.98. The van der Waals surface area contributed by atoms with E-state index in [1.165, 1.54) is 43.5 Å². The van der Waals surface area contributed by atoms with E-state index < -0.39 is 12.1 Å². The van der Waals surface area contributed by atoms with Crippen molar-refractivity contribution >= 4 is 35.2 Å². The van der Waals surface area contributed by atoms with Crippen LogP contribution < -0.4 is 5.32 Å². The van der Waals surface area contributed by atoms with Crippen molar-refractivity contribution in [1.82, 2.24) is 5.32 Å². The van der Waals surface area contributed by atoms with Gasteiger partial charge in [0.05, 0.1) is 5.92 Å². The Morgan fingerprint density at radius 1 is 1.08 bits per heavy atom. The van der Waals surface area contributed by atoms with Gasteiger partial charge in [-0.3, -0.25) is 4.79 Å². The molecule has 1 amide bonds. The molecular weight excluding hydrogens is 374 g/mol. The zero-order valence-corrected chi connectivity index (χ0v) is 14.6. The van der Waals surface area contributed by atoms with Crippen LogP contribution in [0.2, 0.25) is 10.0 Å². The van der Waals surface area contributed by atoms with Crippen molar-refractivity contribution in [2.45, 2.75) is 12.1 Å². The number of halogens is 5. The summed E-state index contributed by atoms with van der Waals surface area (Å²) in [6.45, 7) is 0. The molecule has 0 saturated carbocycles. The lowest BCUT2D eigenvalue weighted by atomic mass is 9.97. The molecule has 2 aromatic rings. The van der Waals surface area contributed by atoms with Crippen molar-refractivity contribution in [3.8, 4) is 0 Å². The predicted octanol–water partition coefficient (Wildman–Crippen LogP) is 5.71. The fourth-order valence-corrected chi connectivity index (χ4v) is 2.80. The van der Waals surface area contributed by atoms with Gasteiger partial charge in [0, 0.05) is 22.7 Å². The normalized spacial score (nSPS) is 13.0. The standard InChI is InChI=1S/C18H14Cl2F3NO/c1-24-17(25)12-5-2-11(3-6-12)4-7-16(18(21,22)23)13-8-14(19)10-15(20)9-13/h2-10,16H,1H3,(H,24,25)/b7-4+. The van der Waals surface area contributed by atoms with Gasteiger partial charge in [0.1, 0.15) is 0 Å². The average molecular weight is 388 g/mol. The van der Waals surface area contributed by atoms with Gasteiger partial charge in [-0.1, -0.05) is 47.5 Å². The molecule has 0 aliphatic carbocycles. The van der Waals surface area contributed by atoms with Gasteiger partial charge in [-0.15, -0.1) is 0 Å². The van der Waals surface area contributed by atoms with E-state index in [2.05, 4.69) is 5.32 Å². The minimum atomic E-state index is -4.49. The van der Waals surface area contributed by atoms with Gasteiger partial charge in [-0.05, 0) is 41.5 Å². The number of amides is 1. The number of carbonyl (C=O) groups is 1. The number of hydrogen-bond donors (Lipinski definition) is 1. The fraction of sp³-hybridized carbons (Fsp3) is 0.167. The molecule has 7 heteroatoms. The largest absolute Gasteiger partial charge is 0.399 e. The highest BCUT2D eigenvalue weighted by Crippen LogP contribution is 2.38. The molecular formula is C18H14Cl2F3NO. The van der Waals surface area contributed by atoms with Crippen LogP contribution in [0, 0.1) is 0 Å². The summed E-state index contributed by atoms with van der Waals surface area (Å²) in [6, 6.07) is 10.1. The first-order valence-electron chi connectivity index (χ1n) is 7.24. The first kappa shape index (κ1) is 19.3. The van der Waals surface area contributed by atoms with E-state index in [0.29, 0.717) is 11.1 Å². The van der Waals surface area contributed by atoms with E-state index in [1.54, 1.807) is 12.1 Å². The highest BCUT2D eigenvalue weighted by molar-refractivity contribution is 6.34. The first-order valence-corrected chi connectivity index (χ1v) is 7.99. The molecule has 0 radical (unpaired) electrons. The average Bonchev–Trinajstić information content (AvgIpc) is 2.52. The highest BCUT2D eigenvalue weighted by Gasteiger charge is 2.39. The number of alkyl halides is 3. The van der Waals surface area contributed by atoms with Crippen LogP contribution in [-0.4, -0.2) is 19.1 Å². The quantitative estimate of drug-likeness (QED) is 0.714. The number of benzene rings is 2. The number of nitrogens with one attached hydrogen (secondary N) is 1. The van der Waals surface area contributed by atoms with Crippen LogP contribution in [0.4, 0.5) is 13.2 Å². The smallest absolute Gasteiger partial charge is 0.355 e. The number of allylic oxidation sites excluding steroid dienone is 1. The monoisotopic (exact) mass is 387 g/mol. The van der Waals surface area contributed by atoms with Gasteiger partial charge >= 0.3 is 6.18 Å². The van der Waals surface area contributed by atoms with Gasteiger partial charge in [0.25, 0.3) is 5.91 Å². The van der Waals surface area contributed by atoms with Crippen LogP contribution in [0.5, 0.6) is 0 Å². The van der Waals surface area contributed by atoms with E-state index in [-0.39, 0.29) is 21.5 Å². The molecule has 0 aliphatic heterocycles. The Kier molecular flexibility index (Phi) is 6.14. The fourth-order valence-electron chi connectivity index (χ4n) is 2.26. The van der Waals surface area contributed by atoms with E-state index >= 15 is 0 Å². The Bertz CT molecular complexity index is 766. The van der Waals surface area contributed by atoms with Gasteiger partial charge in [-0.25, -0.2) is 0 Å². The molecule has 0 spiro atoms. The summed E-state index contributed by atoms with van der Waals surface area (Å²) >= 11 is 11.6. The zero-order valence-electron chi connectivity index (χ0n) is 13.1. The summed E-state index contributed by atoms with van der Waals surface area (Å²) in [5.41, 5.74) is 0.923. The minimum Gasteiger partial charge on any atom is -0.355 e. The second kappa shape index (κ2) is 7.93. The highest BCUT2D eigenvalue weighted by atomic mass is 35.5. The van der Waals surface area contributed by atoms with Crippen molar-refractivity contribution in [3.63, 3.8) is 0 Å². The van der Waals surface area contributed by atoms with Crippen LogP contribution >= 0.6 is 23.2 Å². The minimum absolute atomic E-state index is 0.0387. The number of rotatable bonds is 4. The summed E-state index contributed by atoms with van der Waals surface area (Å²) < 4.78 is 40.2. The Labute approximate surface area is 153 Å². The molecule has 2 nitrogen and oxygen atoms in total. The maximum Gasteiger partial charge on any atom is 0.399 e. The molecule has 2 rings (SSSR count). The van der Waals surface area contributed by atoms with Crippen molar-refractivity contribution in [2.75, 3.05) is 7.05 Å². The van der Waals surface area contributed by atoms with Crippen LogP contribution in [0.1, 0.15) is 27.4 Å². The van der Waals surface area contributed by atoms with E-state index in [1.807, 2.05) is 0 Å². The van der Waals surface area contributed by atoms with Crippen LogP contribution in [0.3, 0.4) is 0 Å². The summed E-state index contributed by atoms with van der Waals surface area (Å²) in [7, 11) is 1.50. The molecule has 0 aliphatic rings. The van der Waals surface area contributed by atoms with Gasteiger partial charge in [0.2, 0.25) is 0 Å². The molecule has 0 saturated heterocycles. The molecule has 25 heavy (non-hydrogen) atoms. The molecule has 2 aromatic carbocycles. The predicted molar refractivity (Wildman–Crippen MR) is 94.1 cm³/mol. The van der Waals surface area contributed by atoms with Crippen molar-refractivity contribution < 1.29 is 18.0 Å². The van der Waals surface area contributed by atoms with Crippen LogP contribution in [0.25, 0.3) is 6.08 Å². The Balaban J connectivity index is 2.31. The molecule has 0 bridgehead atoms. The molecule has 0 fully saturated rings. The second-order valence-corrected chi connectivity index (χ2v) is 6.16. The van der Waals surface area contributed by atoms with Crippen molar-refractivity contribution in [1.29, 1.82) is 0 Å². The third-order valence-electron chi connectivity index (χ3n) is 3.48. The zero-order chi connectivity index (χ0) is 18.6. The lowest BCUT2D eigenvalue weighted by molar-refractivity contribution is -0.139. The molecule has 0 aromatic heterocycles. The summed E-state index contributed by atoms with van der Waals surface area (Å²) in [5.74, 6) is -2.11.